The van der Waals surface area contributed by atoms with Gasteiger partial charge in [0.05, 0.1) is 24.2 Å². The summed E-state index contributed by atoms with van der Waals surface area (Å²) in [4.78, 5) is 17.2. The number of ether oxygens (including phenoxy) is 1. The number of carbonyl (C=O) groups excluding carboxylic acids is 1. The van der Waals surface area contributed by atoms with Gasteiger partial charge < -0.3 is 14.6 Å². The van der Waals surface area contributed by atoms with E-state index in [1.807, 2.05) is 73.7 Å². The van der Waals surface area contributed by atoms with Gasteiger partial charge >= 0.3 is 0 Å². The number of unbranched alkanes of at least 4 members (excludes halogenated alkanes) is 1. The van der Waals surface area contributed by atoms with Gasteiger partial charge in [0.2, 0.25) is 5.91 Å². The van der Waals surface area contributed by atoms with Crippen molar-refractivity contribution in [1.29, 1.82) is 0 Å². The number of halogens is 1. The second kappa shape index (κ2) is 11.7. The van der Waals surface area contributed by atoms with Crippen LogP contribution in [0.1, 0.15) is 36.2 Å². The van der Waals surface area contributed by atoms with Gasteiger partial charge in [-0.1, -0.05) is 54.1 Å². The number of carbonyl (C=O) groups is 1. The minimum absolute atomic E-state index is 0.0362. The van der Waals surface area contributed by atoms with E-state index in [-0.39, 0.29) is 5.91 Å². The number of rotatable bonds is 11. The molecule has 0 fully saturated rings. The van der Waals surface area contributed by atoms with E-state index in [2.05, 4.69) is 16.0 Å². The molecule has 1 aromatic heterocycles. The first-order chi connectivity index (χ1) is 16.6. The molecule has 0 atom stereocenters. The van der Waals surface area contributed by atoms with Gasteiger partial charge in [-0.3, -0.25) is 4.79 Å². The highest BCUT2D eigenvalue weighted by molar-refractivity contribution is 6.31. The summed E-state index contributed by atoms with van der Waals surface area (Å²) in [5.41, 5.74) is 4.22. The van der Waals surface area contributed by atoms with E-state index in [1.54, 1.807) is 0 Å². The van der Waals surface area contributed by atoms with Gasteiger partial charge in [-0.25, -0.2) is 4.98 Å². The predicted octanol–water partition coefficient (Wildman–Crippen LogP) is 6.11. The fraction of sp³-hybridized carbons (Fsp3) is 0.286. The maximum absolute atomic E-state index is 12.4. The van der Waals surface area contributed by atoms with Crippen LogP contribution in [-0.2, 0) is 24.3 Å². The van der Waals surface area contributed by atoms with Gasteiger partial charge in [0.15, 0.2) is 0 Å². The summed E-state index contributed by atoms with van der Waals surface area (Å²) in [6, 6.07) is 23.9. The first-order valence-corrected chi connectivity index (χ1v) is 12.1. The number of benzene rings is 3. The lowest BCUT2D eigenvalue weighted by Crippen LogP contribution is -2.25. The summed E-state index contributed by atoms with van der Waals surface area (Å²) >= 11 is 6.08. The van der Waals surface area contributed by atoms with Gasteiger partial charge in [0, 0.05) is 18.0 Å². The first kappa shape index (κ1) is 23.8. The number of nitrogens with one attached hydrogen (secondary N) is 1. The van der Waals surface area contributed by atoms with Crippen molar-refractivity contribution in [3.63, 3.8) is 0 Å². The second-order valence-corrected chi connectivity index (χ2v) is 8.80. The predicted molar refractivity (Wildman–Crippen MR) is 137 cm³/mol. The molecule has 0 spiro atoms. The van der Waals surface area contributed by atoms with E-state index in [4.69, 9.17) is 21.3 Å². The van der Waals surface area contributed by atoms with Crippen molar-refractivity contribution in [3.8, 4) is 5.75 Å². The molecule has 0 aliphatic heterocycles. The zero-order valence-corrected chi connectivity index (χ0v) is 20.2. The maximum Gasteiger partial charge on any atom is 0.220 e. The molecule has 4 aromatic rings. The van der Waals surface area contributed by atoms with Crippen molar-refractivity contribution in [2.24, 2.45) is 0 Å². The average molecular weight is 476 g/mol. The Balaban J connectivity index is 1.30. The van der Waals surface area contributed by atoms with Crippen molar-refractivity contribution in [3.05, 3.63) is 94.8 Å². The molecule has 5 nitrogen and oxygen atoms in total. The Kier molecular flexibility index (Phi) is 8.21. The van der Waals surface area contributed by atoms with Gasteiger partial charge in [-0.2, -0.15) is 0 Å². The lowest BCUT2D eigenvalue weighted by atomic mass is 10.1. The van der Waals surface area contributed by atoms with E-state index in [0.717, 1.165) is 59.0 Å². The van der Waals surface area contributed by atoms with Crippen LogP contribution in [0.2, 0.25) is 5.02 Å². The monoisotopic (exact) mass is 475 g/mol. The van der Waals surface area contributed by atoms with Crippen LogP contribution in [0.25, 0.3) is 11.0 Å². The molecule has 34 heavy (non-hydrogen) atoms. The van der Waals surface area contributed by atoms with Gasteiger partial charge in [0.1, 0.15) is 11.6 Å². The van der Waals surface area contributed by atoms with Gasteiger partial charge in [-0.15, -0.1) is 0 Å². The van der Waals surface area contributed by atoms with Crippen molar-refractivity contribution in [2.45, 2.75) is 45.7 Å². The van der Waals surface area contributed by atoms with E-state index < -0.39 is 0 Å². The van der Waals surface area contributed by atoms with Crippen LogP contribution < -0.4 is 10.1 Å². The van der Waals surface area contributed by atoms with Crippen LogP contribution in [0.15, 0.2) is 72.8 Å². The molecule has 176 valence electrons. The summed E-state index contributed by atoms with van der Waals surface area (Å²) in [5.74, 6) is 1.76. The third-order valence-corrected chi connectivity index (χ3v) is 6.26. The molecule has 4 rings (SSSR count). The Morgan fingerprint density at radius 3 is 2.65 bits per heavy atom. The number of amides is 1. The molecule has 6 heteroatoms. The number of hydrogen-bond donors (Lipinski definition) is 1. The number of aryl methyl sites for hydroxylation is 3. The van der Waals surface area contributed by atoms with Crippen LogP contribution in [-0.4, -0.2) is 22.1 Å². The highest BCUT2D eigenvalue weighted by Crippen LogP contribution is 2.21. The summed E-state index contributed by atoms with van der Waals surface area (Å²) in [7, 11) is 0. The SMILES string of the molecule is Cc1cc(OCCCCn2c(CNC(=O)CCc3ccccc3)nc3ccccc32)ccc1Cl. The van der Waals surface area contributed by atoms with Crippen molar-refractivity contribution in [2.75, 3.05) is 6.61 Å². The second-order valence-electron chi connectivity index (χ2n) is 8.40. The normalized spacial score (nSPS) is 11.0. The fourth-order valence-electron chi connectivity index (χ4n) is 3.95. The Bertz CT molecular complexity index is 1240. The van der Waals surface area contributed by atoms with Gasteiger partial charge in [0.25, 0.3) is 0 Å². The molecule has 0 aliphatic carbocycles. The molecule has 1 heterocycles. The van der Waals surface area contributed by atoms with Crippen LogP contribution in [0.5, 0.6) is 5.75 Å². The zero-order valence-electron chi connectivity index (χ0n) is 19.5. The Hall–Kier alpha value is -3.31. The number of aromatic nitrogens is 2. The molecular weight excluding hydrogens is 446 g/mol. The summed E-state index contributed by atoms with van der Waals surface area (Å²) < 4.78 is 8.09. The quantitative estimate of drug-likeness (QED) is 0.266. The van der Waals surface area contributed by atoms with Crippen LogP contribution in [0.3, 0.4) is 0 Å². The fourth-order valence-corrected chi connectivity index (χ4v) is 4.06. The molecule has 0 bridgehead atoms. The smallest absolute Gasteiger partial charge is 0.220 e. The van der Waals surface area contributed by atoms with Crippen molar-refractivity contribution in [1.82, 2.24) is 14.9 Å². The molecule has 0 aliphatic rings. The molecule has 0 radical (unpaired) electrons. The standard InChI is InChI=1S/C28H30ClN3O2/c1-21-19-23(14-15-24(21)29)34-18-8-7-17-32-26-12-6-5-11-25(26)31-27(32)20-30-28(33)16-13-22-9-3-2-4-10-22/h2-6,9-12,14-15,19H,7-8,13,16-18,20H2,1H3,(H,30,33). The van der Waals surface area contributed by atoms with Crippen LogP contribution in [0, 0.1) is 6.92 Å². The summed E-state index contributed by atoms with van der Waals surface area (Å²) in [6.45, 7) is 3.85. The summed E-state index contributed by atoms with van der Waals surface area (Å²) in [5, 5.41) is 3.79. The Morgan fingerprint density at radius 2 is 1.82 bits per heavy atom. The van der Waals surface area contributed by atoms with E-state index in [9.17, 15) is 4.79 Å². The third-order valence-electron chi connectivity index (χ3n) is 5.84. The average Bonchev–Trinajstić information content (AvgIpc) is 3.21. The highest BCUT2D eigenvalue weighted by Gasteiger charge is 2.12. The Morgan fingerprint density at radius 1 is 1.03 bits per heavy atom. The number of imidazole rings is 1. The van der Waals surface area contributed by atoms with Gasteiger partial charge in [-0.05, 0) is 67.6 Å². The number of fused-ring (bicyclic) bond motifs is 1. The maximum atomic E-state index is 12.4. The van der Waals surface area contributed by atoms with E-state index in [0.29, 0.717) is 19.6 Å². The molecular formula is C28H30ClN3O2. The molecule has 0 saturated heterocycles. The van der Waals surface area contributed by atoms with Crippen LogP contribution in [0.4, 0.5) is 0 Å². The molecule has 1 N–H and O–H groups in total. The van der Waals surface area contributed by atoms with Crippen molar-refractivity contribution < 1.29 is 9.53 Å². The minimum Gasteiger partial charge on any atom is -0.494 e. The molecule has 3 aromatic carbocycles. The van der Waals surface area contributed by atoms with Crippen LogP contribution >= 0.6 is 11.6 Å². The third kappa shape index (κ3) is 6.39. The topological polar surface area (TPSA) is 56.1 Å². The summed E-state index contributed by atoms with van der Waals surface area (Å²) in [6.07, 6.45) is 3.06. The Labute approximate surface area is 205 Å². The molecule has 0 unspecified atom stereocenters. The number of nitrogens with zero attached hydrogens (tertiary/aromatic N) is 2. The number of hydrogen-bond acceptors (Lipinski definition) is 3. The first-order valence-electron chi connectivity index (χ1n) is 11.7. The zero-order chi connectivity index (χ0) is 23.8. The minimum atomic E-state index is 0.0362. The highest BCUT2D eigenvalue weighted by atomic mass is 35.5. The lowest BCUT2D eigenvalue weighted by Gasteiger charge is -2.11. The molecule has 1 amide bonds. The lowest BCUT2D eigenvalue weighted by molar-refractivity contribution is -0.121. The van der Waals surface area contributed by atoms with E-state index in [1.165, 1.54) is 5.56 Å². The van der Waals surface area contributed by atoms with E-state index >= 15 is 0 Å². The number of para-hydroxylation sites is 2. The largest absolute Gasteiger partial charge is 0.494 e. The molecule has 0 saturated carbocycles. The van der Waals surface area contributed by atoms with Crippen molar-refractivity contribution >= 4 is 28.5 Å².